The summed E-state index contributed by atoms with van der Waals surface area (Å²) in [4.78, 5) is 22.4. The van der Waals surface area contributed by atoms with Crippen LogP contribution in [0.4, 0.5) is 0 Å². The second-order valence-corrected chi connectivity index (χ2v) is 3.18. The predicted octanol–water partition coefficient (Wildman–Crippen LogP) is -8.55. The summed E-state index contributed by atoms with van der Waals surface area (Å²) in [5.41, 5.74) is 0. The van der Waals surface area contributed by atoms with Crippen LogP contribution in [-0.4, -0.2) is 37.5 Å². The van der Waals surface area contributed by atoms with Crippen molar-refractivity contribution in [3.8, 4) is 0 Å². The Kier molecular flexibility index (Phi) is 16.1. The van der Waals surface area contributed by atoms with Crippen LogP contribution in [0.3, 0.4) is 0 Å². The molecule has 76 valence electrons. The Morgan fingerprint density at radius 3 is 1.93 bits per heavy atom. The molecule has 0 saturated heterocycles. The van der Waals surface area contributed by atoms with E-state index in [9.17, 15) is 19.8 Å². The molecule has 0 fully saturated rings. The van der Waals surface area contributed by atoms with Gasteiger partial charge in [0.15, 0.2) is 0 Å². The van der Waals surface area contributed by atoms with Crippen molar-refractivity contribution in [3.05, 3.63) is 0 Å². The van der Waals surface area contributed by atoms with E-state index in [1.165, 1.54) is 0 Å². The van der Waals surface area contributed by atoms with Crippen LogP contribution in [-0.2, 0) is 9.59 Å². The van der Waals surface area contributed by atoms with Gasteiger partial charge in [-0.3, -0.25) is 0 Å². The monoisotopic (exact) mass is 233 g/mol. The normalized spacial score (nSPS) is 11.1. The van der Waals surface area contributed by atoms with E-state index >= 15 is 0 Å². The van der Waals surface area contributed by atoms with Gasteiger partial charge >= 0.3 is 59.1 Å². The van der Waals surface area contributed by atoms with Crippen molar-refractivity contribution in [1.82, 2.24) is 4.90 Å². The first-order chi connectivity index (χ1) is 5.93. The predicted molar refractivity (Wildman–Crippen MR) is 41.3 cm³/mol. The third-order valence-corrected chi connectivity index (χ3v) is 1.67. The molecule has 0 aliphatic heterocycles. The molecular weight excluding hydrogens is 220 g/mol. The van der Waals surface area contributed by atoms with Crippen molar-refractivity contribution < 1.29 is 78.9 Å². The zero-order valence-electron chi connectivity index (χ0n) is 9.78. The molecule has 0 spiro atoms. The summed E-state index contributed by atoms with van der Waals surface area (Å²) in [6.07, 6.45) is -0.209. The van der Waals surface area contributed by atoms with Gasteiger partial charge in [-0.2, -0.15) is 0 Å². The van der Waals surface area contributed by atoms with Gasteiger partial charge in [-0.05, 0) is 33.5 Å². The Labute approximate surface area is 134 Å². The first kappa shape index (κ1) is 21.2. The van der Waals surface area contributed by atoms with E-state index in [4.69, 9.17) is 0 Å². The summed E-state index contributed by atoms with van der Waals surface area (Å²) >= 11 is 0. The molecular formula is C8H13NNa2O4. The maximum Gasteiger partial charge on any atom is 1.00 e. The number of aliphatic carboxylic acids is 2. The summed E-state index contributed by atoms with van der Waals surface area (Å²) in [6, 6.07) is 0. The molecule has 1 unspecified atom stereocenters. The molecule has 0 amide bonds. The van der Waals surface area contributed by atoms with Crippen LogP contribution in [0.2, 0.25) is 0 Å². The first-order valence-corrected chi connectivity index (χ1v) is 3.99. The minimum atomic E-state index is -1.35. The number of hydrogen-bond donors (Lipinski definition) is 0. The van der Waals surface area contributed by atoms with E-state index < -0.39 is 24.3 Å². The van der Waals surface area contributed by atoms with Crippen LogP contribution in [0.5, 0.6) is 0 Å². The Hall–Kier alpha value is 0.900. The largest absolute Gasteiger partial charge is 1.00 e. The molecule has 7 heteroatoms. The molecule has 0 bridgehead atoms. The van der Waals surface area contributed by atoms with Crippen LogP contribution in [0.15, 0.2) is 0 Å². The number of hydrogen-bond acceptors (Lipinski definition) is 5. The van der Waals surface area contributed by atoms with Gasteiger partial charge in [-0.1, -0.05) is 0 Å². The molecule has 5 nitrogen and oxygen atoms in total. The van der Waals surface area contributed by atoms with Gasteiger partial charge in [0.25, 0.3) is 0 Å². The number of rotatable bonds is 6. The van der Waals surface area contributed by atoms with Crippen molar-refractivity contribution in [2.24, 2.45) is 5.92 Å². The van der Waals surface area contributed by atoms with E-state index in [-0.39, 0.29) is 65.5 Å². The zero-order chi connectivity index (χ0) is 10.4. The third kappa shape index (κ3) is 12.8. The van der Waals surface area contributed by atoms with Gasteiger partial charge in [0.1, 0.15) is 0 Å². The molecule has 0 N–H and O–H groups in total. The van der Waals surface area contributed by atoms with Crippen LogP contribution in [0, 0.1) is 5.92 Å². The molecule has 0 saturated carbocycles. The van der Waals surface area contributed by atoms with Gasteiger partial charge in [0.2, 0.25) is 0 Å². The molecule has 0 aromatic carbocycles. The molecule has 1 atom stereocenters. The SMILES string of the molecule is CN(C)CCC(CC(=O)[O-])C(=O)[O-].[Na+].[Na+]. The maximum atomic E-state index is 10.4. The maximum absolute atomic E-state index is 10.4. The summed E-state index contributed by atoms with van der Waals surface area (Å²) in [5.74, 6) is -3.63. The van der Waals surface area contributed by atoms with Crippen LogP contribution in [0.25, 0.3) is 0 Å². The summed E-state index contributed by atoms with van der Waals surface area (Å²) < 4.78 is 0. The fourth-order valence-electron chi connectivity index (χ4n) is 0.918. The van der Waals surface area contributed by atoms with Gasteiger partial charge < -0.3 is 24.7 Å². The van der Waals surface area contributed by atoms with Crippen molar-refractivity contribution in [1.29, 1.82) is 0 Å². The molecule has 0 aliphatic carbocycles. The number of carbonyl (C=O) groups excluding carboxylic acids is 2. The number of nitrogens with zero attached hydrogens (tertiary/aromatic N) is 1. The Balaban J connectivity index is -0.000000720. The molecule has 0 rings (SSSR count). The summed E-state index contributed by atoms with van der Waals surface area (Å²) in [7, 11) is 3.57. The molecule has 0 aromatic heterocycles. The molecule has 0 radical (unpaired) electrons. The van der Waals surface area contributed by atoms with Crippen LogP contribution < -0.4 is 69.3 Å². The fraction of sp³-hybridized carbons (Fsp3) is 0.750. The van der Waals surface area contributed by atoms with Gasteiger partial charge in [-0.15, -0.1) is 0 Å². The molecule has 15 heavy (non-hydrogen) atoms. The van der Waals surface area contributed by atoms with Crippen LogP contribution >= 0.6 is 0 Å². The zero-order valence-corrected chi connectivity index (χ0v) is 13.8. The number of carboxylic acids is 2. The van der Waals surface area contributed by atoms with Crippen molar-refractivity contribution >= 4 is 11.9 Å². The average Bonchev–Trinajstić information content (AvgIpc) is 1.96. The third-order valence-electron chi connectivity index (χ3n) is 1.67. The average molecular weight is 233 g/mol. The summed E-state index contributed by atoms with van der Waals surface area (Å²) in [6.45, 7) is 0.520. The second-order valence-electron chi connectivity index (χ2n) is 3.18. The quantitative estimate of drug-likeness (QED) is 0.425. The van der Waals surface area contributed by atoms with E-state index in [2.05, 4.69) is 0 Å². The fourth-order valence-corrected chi connectivity index (χ4v) is 0.918. The van der Waals surface area contributed by atoms with E-state index in [0.29, 0.717) is 6.54 Å². The van der Waals surface area contributed by atoms with Crippen LogP contribution in [0.1, 0.15) is 12.8 Å². The van der Waals surface area contributed by atoms with Gasteiger partial charge in [0, 0.05) is 17.9 Å². The smallest absolute Gasteiger partial charge is 0.550 e. The van der Waals surface area contributed by atoms with Crippen molar-refractivity contribution in [2.75, 3.05) is 20.6 Å². The first-order valence-electron chi connectivity index (χ1n) is 3.99. The Morgan fingerprint density at radius 1 is 1.20 bits per heavy atom. The standard InChI is InChI=1S/C8H15NO4.2Na/c1-9(2)4-3-6(8(12)13)5-7(10)11;;/h6H,3-5H2,1-2H3,(H,10,11)(H,12,13);;/q;2*+1/p-2. The number of carbonyl (C=O) groups is 2. The Morgan fingerprint density at radius 2 is 1.67 bits per heavy atom. The summed E-state index contributed by atoms with van der Waals surface area (Å²) in [5, 5.41) is 20.6. The molecule has 0 heterocycles. The Bertz CT molecular complexity index is 199. The minimum absolute atomic E-state index is 0. The molecule has 0 aliphatic rings. The van der Waals surface area contributed by atoms with Crippen molar-refractivity contribution in [3.63, 3.8) is 0 Å². The molecule has 0 aromatic rings. The van der Waals surface area contributed by atoms with E-state index in [1.54, 1.807) is 19.0 Å². The minimum Gasteiger partial charge on any atom is -0.550 e. The van der Waals surface area contributed by atoms with Gasteiger partial charge in [0.05, 0.1) is 0 Å². The van der Waals surface area contributed by atoms with Crippen molar-refractivity contribution in [2.45, 2.75) is 12.8 Å². The van der Waals surface area contributed by atoms with E-state index in [1.807, 2.05) is 0 Å². The second kappa shape index (κ2) is 11.4. The topological polar surface area (TPSA) is 83.5 Å². The van der Waals surface area contributed by atoms with Gasteiger partial charge in [-0.25, -0.2) is 0 Å². The number of carboxylic acid groups (broad SMARTS) is 2. The van der Waals surface area contributed by atoms with E-state index in [0.717, 1.165) is 0 Å².